The van der Waals surface area contributed by atoms with E-state index in [9.17, 15) is 14.4 Å². The third-order valence-electron chi connectivity index (χ3n) is 7.17. The predicted octanol–water partition coefficient (Wildman–Crippen LogP) is 6.84. The lowest BCUT2D eigenvalue weighted by Gasteiger charge is -2.29. The van der Waals surface area contributed by atoms with E-state index in [1.54, 1.807) is 17.0 Å². The monoisotopic (exact) mass is 510 g/mol. The second-order valence-electron chi connectivity index (χ2n) is 9.56. The Kier molecular flexibility index (Phi) is 6.47. The van der Waals surface area contributed by atoms with Crippen molar-refractivity contribution in [1.82, 2.24) is 4.90 Å². The van der Waals surface area contributed by atoms with Crippen LogP contribution in [0.2, 0.25) is 0 Å². The molecule has 0 radical (unpaired) electrons. The van der Waals surface area contributed by atoms with Gasteiger partial charge in [-0.15, -0.1) is 0 Å². The molecule has 3 amide bonds. The third kappa shape index (κ3) is 4.59. The van der Waals surface area contributed by atoms with Crippen LogP contribution in [0.5, 0.6) is 0 Å². The second kappa shape index (κ2) is 10.4. The Morgan fingerprint density at radius 3 is 1.79 bits per heavy atom. The molecule has 39 heavy (non-hydrogen) atoms. The molecule has 6 rings (SSSR count). The minimum Gasteiger partial charge on any atom is -0.308 e. The van der Waals surface area contributed by atoms with Gasteiger partial charge < -0.3 is 4.90 Å². The van der Waals surface area contributed by atoms with Crippen molar-refractivity contribution in [2.75, 3.05) is 18.0 Å². The number of nitrogens with zero attached hydrogens (tertiary/aromatic N) is 2. The molecular formula is C34H26N2O3. The van der Waals surface area contributed by atoms with Crippen LogP contribution >= 0.6 is 0 Å². The molecule has 5 aromatic carbocycles. The maximum atomic E-state index is 13.7. The summed E-state index contributed by atoms with van der Waals surface area (Å²) < 4.78 is 0. The zero-order chi connectivity index (χ0) is 26.8. The summed E-state index contributed by atoms with van der Waals surface area (Å²) in [6, 6.07) is 38.1. The van der Waals surface area contributed by atoms with E-state index in [1.165, 1.54) is 4.90 Å². The molecule has 1 aliphatic heterocycles. The summed E-state index contributed by atoms with van der Waals surface area (Å²) in [5.41, 5.74) is 4.54. The molecule has 5 heteroatoms. The molecule has 0 atom stereocenters. The lowest BCUT2D eigenvalue weighted by Crippen LogP contribution is -2.42. The van der Waals surface area contributed by atoms with Crippen LogP contribution in [0.25, 0.3) is 21.9 Å². The van der Waals surface area contributed by atoms with E-state index in [4.69, 9.17) is 0 Å². The molecular weight excluding hydrogens is 484 g/mol. The highest BCUT2D eigenvalue weighted by Gasteiger charge is 2.32. The number of hydrogen-bond donors (Lipinski definition) is 0. The van der Waals surface area contributed by atoms with Crippen molar-refractivity contribution in [3.63, 3.8) is 0 Å². The Bertz CT molecular complexity index is 1630. The van der Waals surface area contributed by atoms with Crippen LogP contribution in [-0.2, 0) is 0 Å². The average Bonchev–Trinajstić information content (AvgIpc) is 3.00. The summed E-state index contributed by atoms with van der Waals surface area (Å²) in [6.07, 6.45) is 0.443. The number of para-hydroxylation sites is 1. The van der Waals surface area contributed by atoms with Gasteiger partial charge in [-0.3, -0.25) is 19.3 Å². The largest absolute Gasteiger partial charge is 0.308 e. The molecule has 0 fully saturated rings. The van der Waals surface area contributed by atoms with Crippen molar-refractivity contribution < 1.29 is 14.4 Å². The van der Waals surface area contributed by atoms with Gasteiger partial charge in [-0.1, -0.05) is 84.9 Å². The molecule has 1 heterocycles. The van der Waals surface area contributed by atoms with Crippen molar-refractivity contribution in [2.24, 2.45) is 0 Å². The highest BCUT2D eigenvalue weighted by atomic mass is 16.2. The van der Waals surface area contributed by atoms with E-state index in [0.29, 0.717) is 35.0 Å². The highest BCUT2D eigenvalue weighted by molar-refractivity contribution is 6.25. The van der Waals surface area contributed by atoms with E-state index in [0.717, 1.165) is 22.2 Å². The van der Waals surface area contributed by atoms with Crippen molar-refractivity contribution in [3.05, 3.63) is 138 Å². The summed E-state index contributed by atoms with van der Waals surface area (Å²) in [7, 11) is 0. The van der Waals surface area contributed by atoms with Gasteiger partial charge in [-0.2, -0.15) is 0 Å². The number of benzene rings is 5. The van der Waals surface area contributed by atoms with Crippen LogP contribution in [0.1, 0.15) is 37.5 Å². The first-order valence-electron chi connectivity index (χ1n) is 13.0. The van der Waals surface area contributed by atoms with Gasteiger partial charge in [-0.05, 0) is 59.3 Å². The van der Waals surface area contributed by atoms with Gasteiger partial charge >= 0.3 is 0 Å². The number of rotatable bonds is 7. The van der Waals surface area contributed by atoms with Gasteiger partial charge in [0, 0.05) is 40.9 Å². The van der Waals surface area contributed by atoms with Crippen molar-refractivity contribution >= 4 is 34.2 Å². The predicted molar refractivity (Wildman–Crippen MR) is 154 cm³/mol. The summed E-state index contributed by atoms with van der Waals surface area (Å²) in [5, 5.41) is 1.59. The molecule has 0 aromatic heterocycles. The second-order valence-corrected chi connectivity index (χ2v) is 9.56. The molecule has 0 saturated carbocycles. The number of carbonyl (C=O) groups is 3. The fraction of sp³-hybridized carbons (Fsp3) is 0.0882. The van der Waals surface area contributed by atoms with Gasteiger partial charge in [0.1, 0.15) is 0 Å². The van der Waals surface area contributed by atoms with E-state index < -0.39 is 0 Å². The standard InChI is InChI=1S/C34H26N2O3/c37-32(27-20-18-25(19-21-27)24-10-3-1-4-11-24)35(28-14-5-2-6-15-28)22-9-23-36-33(38)29-16-7-12-26-13-8-17-30(31(26)29)34(36)39/h1-8,10-21H,9,22-23H2. The van der Waals surface area contributed by atoms with Gasteiger partial charge in [0.15, 0.2) is 0 Å². The van der Waals surface area contributed by atoms with Gasteiger partial charge in [0.05, 0.1) is 0 Å². The lowest BCUT2D eigenvalue weighted by atomic mass is 9.94. The van der Waals surface area contributed by atoms with Crippen molar-refractivity contribution in [3.8, 4) is 11.1 Å². The molecule has 1 aliphatic rings. The first kappa shape index (κ1) is 24.3. The summed E-state index contributed by atoms with van der Waals surface area (Å²) in [4.78, 5) is 43.3. The lowest BCUT2D eigenvalue weighted by molar-refractivity contribution is 0.0610. The Morgan fingerprint density at radius 2 is 1.18 bits per heavy atom. The van der Waals surface area contributed by atoms with Crippen molar-refractivity contribution in [1.29, 1.82) is 0 Å². The summed E-state index contributed by atoms with van der Waals surface area (Å²) in [5.74, 6) is -0.719. The molecule has 0 bridgehead atoms. The normalized spacial score (nSPS) is 12.6. The van der Waals surface area contributed by atoms with Crippen LogP contribution in [0.15, 0.2) is 121 Å². The van der Waals surface area contributed by atoms with E-state index in [-0.39, 0.29) is 24.3 Å². The number of imide groups is 1. The van der Waals surface area contributed by atoms with Gasteiger partial charge in [0.25, 0.3) is 17.7 Å². The summed E-state index contributed by atoms with van der Waals surface area (Å²) >= 11 is 0. The number of amides is 3. The zero-order valence-electron chi connectivity index (χ0n) is 21.3. The Labute approximate surface area is 226 Å². The Morgan fingerprint density at radius 1 is 0.615 bits per heavy atom. The zero-order valence-corrected chi connectivity index (χ0v) is 21.3. The molecule has 0 saturated heterocycles. The van der Waals surface area contributed by atoms with Crippen LogP contribution in [0, 0.1) is 0 Å². The van der Waals surface area contributed by atoms with Gasteiger partial charge in [0.2, 0.25) is 0 Å². The maximum Gasteiger partial charge on any atom is 0.261 e. The fourth-order valence-electron chi connectivity index (χ4n) is 5.22. The maximum absolute atomic E-state index is 13.7. The van der Waals surface area contributed by atoms with E-state index >= 15 is 0 Å². The van der Waals surface area contributed by atoms with Gasteiger partial charge in [-0.25, -0.2) is 0 Å². The van der Waals surface area contributed by atoms with Crippen molar-refractivity contribution in [2.45, 2.75) is 6.42 Å². The van der Waals surface area contributed by atoms with Crippen LogP contribution in [-0.4, -0.2) is 35.7 Å². The molecule has 5 nitrogen and oxygen atoms in total. The first-order valence-corrected chi connectivity index (χ1v) is 13.0. The SMILES string of the molecule is O=C1c2cccc3cccc(c23)C(=O)N1CCCN(C(=O)c1ccc(-c2ccccc2)cc1)c1ccccc1. The highest BCUT2D eigenvalue weighted by Crippen LogP contribution is 2.30. The third-order valence-corrected chi connectivity index (χ3v) is 7.17. The molecule has 0 spiro atoms. The molecule has 0 unspecified atom stereocenters. The quantitative estimate of drug-likeness (QED) is 0.225. The Balaban J connectivity index is 1.22. The Hall–Kier alpha value is -5.03. The first-order chi connectivity index (χ1) is 19.1. The smallest absolute Gasteiger partial charge is 0.261 e. The van der Waals surface area contributed by atoms with E-state index in [2.05, 4.69) is 0 Å². The average molecular weight is 511 g/mol. The topological polar surface area (TPSA) is 57.7 Å². The fourth-order valence-corrected chi connectivity index (χ4v) is 5.22. The number of carbonyl (C=O) groups excluding carboxylic acids is 3. The summed E-state index contributed by atoms with van der Waals surface area (Å²) in [6.45, 7) is 0.568. The molecule has 0 aliphatic carbocycles. The minimum atomic E-state index is -0.293. The van der Waals surface area contributed by atoms with Crippen LogP contribution in [0.4, 0.5) is 5.69 Å². The van der Waals surface area contributed by atoms with Crippen LogP contribution < -0.4 is 4.90 Å². The molecule has 190 valence electrons. The molecule has 5 aromatic rings. The van der Waals surface area contributed by atoms with Crippen LogP contribution in [0.3, 0.4) is 0 Å². The number of anilines is 1. The molecule has 0 N–H and O–H groups in total. The number of hydrogen-bond acceptors (Lipinski definition) is 3. The minimum absolute atomic E-state index is 0.132. The van der Waals surface area contributed by atoms with E-state index in [1.807, 2.05) is 109 Å².